The molecule has 0 amide bonds. The van der Waals surface area contributed by atoms with Gasteiger partial charge in [-0.25, -0.2) is 0 Å². The standard InChI is InChI=1S/C14H23N3O3/c1-11-12(5-3-7-14(11)17(18)19)9-16-13(10-20-2)6-4-8-15/h3,5,7,13,16H,4,6,8-10,15H2,1-2H3. The van der Waals surface area contributed by atoms with Gasteiger partial charge in [0.2, 0.25) is 0 Å². The number of nitrogens with zero attached hydrogens (tertiary/aromatic N) is 1. The van der Waals surface area contributed by atoms with Crippen LogP contribution in [-0.2, 0) is 11.3 Å². The quantitative estimate of drug-likeness (QED) is 0.531. The summed E-state index contributed by atoms with van der Waals surface area (Å²) in [4.78, 5) is 10.6. The Hall–Kier alpha value is -1.50. The van der Waals surface area contributed by atoms with Crippen molar-refractivity contribution in [3.63, 3.8) is 0 Å². The second kappa shape index (κ2) is 8.63. The lowest BCUT2D eigenvalue weighted by atomic mass is 10.1. The second-order valence-electron chi connectivity index (χ2n) is 4.78. The zero-order chi connectivity index (χ0) is 15.0. The van der Waals surface area contributed by atoms with Crippen molar-refractivity contribution in [3.8, 4) is 0 Å². The molecule has 1 rings (SSSR count). The predicted molar refractivity (Wildman–Crippen MR) is 78.6 cm³/mol. The number of hydrogen-bond acceptors (Lipinski definition) is 5. The summed E-state index contributed by atoms with van der Waals surface area (Å²) in [5.41, 5.74) is 7.32. The minimum absolute atomic E-state index is 0.162. The number of benzene rings is 1. The number of nitro groups is 1. The van der Waals surface area contributed by atoms with E-state index in [1.54, 1.807) is 20.1 Å². The molecule has 0 heterocycles. The van der Waals surface area contributed by atoms with Gasteiger partial charge in [-0.15, -0.1) is 0 Å². The van der Waals surface area contributed by atoms with Gasteiger partial charge in [0.1, 0.15) is 0 Å². The lowest BCUT2D eigenvalue weighted by molar-refractivity contribution is -0.385. The van der Waals surface area contributed by atoms with Gasteiger partial charge in [0.15, 0.2) is 0 Å². The van der Waals surface area contributed by atoms with Crippen LogP contribution in [0.4, 0.5) is 5.69 Å². The van der Waals surface area contributed by atoms with Gasteiger partial charge in [0.25, 0.3) is 5.69 Å². The molecule has 0 aliphatic rings. The highest BCUT2D eigenvalue weighted by atomic mass is 16.6. The number of hydrogen-bond donors (Lipinski definition) is 2. The van der Waals surface area contributed by atoms with E-state index >= 15 is 0 Å². The molecule has 1 aromatic carbocycles. The molecule has 112 valence electrons. The molecule has 0 radical (unpaired) electrons. The number of nitrogens with one attached hydrogen (secondary N) is 1. The molecule has 1 unspecified atom stereocenters. The summed E-state index contributed by atoms with van der Waals surface area (Å²) >= 11 is 0. The van der Waals surface area contributed by atoms with Gasteiger partial charge in [-0.05, 0) is 31.9 Å². The van der Waals surface area contributed by atoms with Crippen molar-refractivity contribution < 1.29 is 9.66 Å². The van der Waals surface area contributed by atoms with Crippen LogP contribution in [0.1, 0.15) is 24.0 Å². The first-order valence-corrected chi connectivity index (χ1v) is 6.75. The van der Waals surface area contributed by atoms with Crippen LogP contribution in [0.25, 0.3) is 0 Å². The van der Waals surface area contributed by atoms with Gasteiger partial charge in [-0.2, -0.15) is 0 Å². The van der Waals surface area contributed by atoms with E-state index in [1.807, 2.05) is 6.07 Å². The van der Waals surface area contributed by atoms with E-state index in [0.29, 0.717) is 25.3 Å². The van der Waals surface area contributed by atoms with Gasteiger partial charge in [0.05, 0.1) is 11.5 Å². The Morgan fingerprint density at radius 2 is 2.25 bits per heavy atom. The maximum atomic E-state index is 10.9. The zero-order valence-electron chi connectivity index (χ0n) is 12.1. The average molecular weight is 281 g/mol. The van der Waals surface area contributed by atoms with E-state index < -0.39 is 0 Å². The molecule has 6 nitrogen and oxygen atoms in total. The molecule has 0 bridgehead atoms. The molecular weight excluding hydrogens is 258 g/mol. The van der Waals surface area contributed by atoms with Gasteiger partial charge in [-0.1, -0.05) is 12.1 Å². The Bertz CT molecular complexity index is 438. The number of methoxy groups -OCH3 is 1. The third kappa shape index (κ3) is 4.88. The Kier molecular flexibility index (Phi) is 7.14. The summed E-state index contributed by atoms with van der Waals surface area (Å²) in [6.45, 7) is 3.62. The normalized spacial score (nSPS) is 12.3. The minimum Gasteiger partial charge on any atom is -0.383 e. The summed E-state index contributed by atoms with van der Waals surface area (Å²) in [6.07, 6.45) is 1.85. The molecule has 0 aromatic heterocycles. The second-order valence-corrected chi connectivity index (χ2v) is 4.78. The van der Waals surface area contributed by atoms with E-state index in [-0.39, 0.29) is 16.7 Å². The van der Waals surface area contributed by atoms with E-state index in [2.05, 4.69) is 5.32 Å². The smallest absolute Gasteiger partial charge is 0.272 e. The topological polar surface area (TPSA) is 90.4 Å². The molecule has 0 aliphatic carbocycles. The van der Waals surface area contributed by atoms with Gasteiger partial charge < -0.3 is 15.8 Å². The lowest BCUT2D eigenvalue weighted by Gasteiger charge is -2.18. The molecule has 6 heteroatoms. The van der Waals surface area contributed by atoms with Crippen molar-refractivity contribution in [1.82, 2.24) is 5.32 Å². The van der Waals surface area contributed by atoms with Crippen LogP contribution in [0, 0.1) is 17.0 Å². The summed E-state index contributed by atoms with van der Waals surface area (Å²) in [6, 6.07) is 5.36. The summed E-state index contributed by atoms with van der Waals surface area (Å²) < 4.78 is 5.17. The lowest BCUT2D eigenvalue weighted by Crippen LogP contribution is -2.33. The predicted octanol–water partition coefficient (Wildman–Crippen LogP) is 1.75. The number of rotatable bonds is 9. The van der Waals surface area contributed by atoms with Crippen molar-refractivity contribution in [1.29, 1.82) is 0 Å². The van der Waals surface area contributed by atoms with Crippen LogP contribution >= 0.6 is 0 Å². The summed E-state index contributed by atoms with van der Waals surface area (Å²) in [5.74, 6) is 0. The highest BCUT2D eigenvalue weighted by Crippen LogP contribution is 2.21. The average Bonchev–Trinajstić information content (AvgIpc) is 2.42. The highest BCUT2D eigenvalue weighted by molar-refractivity contribution is 5.44. The number of nitro benzene ring substituents is 1. The minimum atomic E-state index is -0.347. The first kappa shape index (κ1) is 16.6. The number of nitrogens with two attached hydrogens (primary N) is 1. The Morgan fingerprint density at radius 3 is 2.85 bits per heavy atom. The van der Waals surface area contributed by atoms with Crippen molar-refractivity contribution in [2.75, 3.05) is 20.3 Å². The summed E-state index contributed by atoms with van der Waals surface area (Å²) in [5, 5.41) is 14.3. The largest absolute Gasteiger partial charge is 0.383 e. The highest BCUT2D eigenvalue weighted by Gasteiger charge is 2.14. The fraction of sp³-hybridized carbons (Fsp3) is 0.571. The van der Waals surface area contributed by atoms with Crippen molar-refractivity contribution in [2.45, 2.75) is 32.4 Å². The molecule has 0 saturated heterocycles. The molecule has 0 spiro atoms. The van der Waals surface area contributed by atoms with E-state index in [4.69, 9.17) is 10.5 Å². The third-order valence-electron chi connectivity index (χ3n) is 3.32. The molecule has 1 aromatic rings. The zero-order valence-corrected chi connectivity index (χ0v) is 12.1. The molecule has 0 fully saturated rings. The monoisotopic (exact) mass is 281 g/mol. The van der Waals surface area contributed by atoms with E-state index in [1.165, 1.54) is 6.07 Å². The van der Waals surface area contributed by atoms with Crippen molar-refractivity contribution in [2.24, 2.45) is 5.73 Å². The van der Waals surface area contributed by atoms with Crippen LogP contribution < -0.4 is 11.1 Å². The number of ether oxygens (including phenoxy) is 1. The SMILES string of the molecule is COCC(CCCN)NCc1cccc([N+](=O)[O-])c1C. The van der Waals surface area contributed by atoms with E-state index in [9.17, 15) is 10.1 Å². The van der Waals surface area contributed by atoms with Gasteiger partial charge in [-0.3, -0.25) is 10.1 Å². The Morgan fingerprint density at radius 1 is 1.50 bits per heavy atom. The molecule has 0 saturated carbocycles. The van der Waals surface area contributed by atoms with Crippen LogP contribution in [0.3, 0.4) is 0 Å². The molecule has 1 atom stereocenters. The van der Waals surface area contributed by atoms with Crippen molar-refractivity contribution >= 4 is 5.69 Å². The molecule has 3 N–H and O–H groups in total. The maximum absolute atomic E-state index is 10.9. The van der Waals surface area contributed by atoms with E-state index in [0.717, 1.165) is 18.4 Å². The molecule has 0 aliphatic heterocycles. The van der Waals surface area contributed by atoms with Gasteiger partial charge in [0, 0.05) is 31.3 Å². The van der Waals surface area contributed by atoms with Gasteiger partial charge >= 0.3 is 0 Å². The fourth-order valence-corrected chi connectivity index (χ4v) is 2.12. The molecule has 20 heavy (non-hydrogen) atoms. The summed E-state index contributed by atoms with van der Waals surface area (Å²) in [7, 11) is 1.66. The fourth-order valence-electron chi connectivity index (χ4n) is 2.12. The third-order valence-corrected chi connectivity index (χ3v) is 3.32. The molecular formula is C14H23N3O3. The maximum Gasteiger partial charge on any atom is 0.272 e. The van der Waals surface area contributed by atoms with Crippen molar-refractivity contribution in [3.05, 3.63) is 39.4 Å². The van der Waals surface area contributed by atoms with Crippen LogP contribution in [0.5, 0.6) is 0 Å². The van der Waals surface area contributed by atoms with Crippen LogP contribution in [0.15, 0.2) is 18.2 Å². The first-order chi connectivity index (χ1) is 9.60. The Labute approximate surface area is 119 Å². The Balaban J connectivity index is 2.67. The van der Waals surface area contributed by atoms with Crippen LogP contribution in [0.2, 0.25) is 0 Å². The first-order valence-electron chi connectivity index (χ1n) is 6.75. The van der Waals surface area contributed by atoms with Crippen LogP contribution in [-0.4, -0.2) is 31.2 Å².